The molecule has 0 heterocycles. The van der Waals surface area contributed by atoms with E-state index in [9.17, 15) is 4.79 Å². The van der Waals surface area contributed by atoms with Gasteiger partial charge in [-0.25, -0.2) is 0 Å². The number of nitrogens with two attached hydrogens (primary N) is 1. The summed E-state index contributed by atoms with van der Waals surface area (Å²) in [6, 6.07) is 5.31. The molecule has 0 atom stereocenters. The Morgan fingerprint density at radius 2 is 2.07 bits per heavy atom. The van der Waals surface area contributed by atoms with Crippen LogP contribution in [-0.4, -0.2) is 12.1 Å². The minimum Gasteiger partial charge on any atom is -0.366 e. The zero-order chi connectivity index (χ0) is 11.4. The smallest absolute Gasteiger partial charge is 0.250 e. The van der Waals surface area contributed by atoms with Crippen molar-refractivity contribution in [3.63, 3.8) is 0 Å². The van der Waals surface area contributed by atoms with Crippen molar-refractivity contribution >= 4 is 23.4 Å². The van der Waals surface area contributed by atoms with Crippen LogP contribution in [0.25, 0.3) is 5.57 Å². The molecule has 3 nitrogen and oxygen atoms in total. The van der Waals surface area contributed by atoms with E-state index < -0.39 is 5.91 Å². The molecule has 0 bridgehead atoms. The van der Waals surface area contributed by atoms with Crippen LogP contribution >= 0.6 is 0 Å². The number of para-hydroxylation sites is 1. The van der Waals surface area contributed by atoms with E-state index in [0.717, 1.165) is 11.1 Å². The first-order valence-electron chi connectivity index (χ1n) is 4.65. The minimum absolute atomic E-state index is 0.425. The molecule has 0 unspecified atom stereocenters. The zero-order valence-electron chi connectivity index (χ0n) is 8.95. The van der Waals surface area contributed by atoms with Crippen LogP contribution < -0.4 is 5.73 Å². The summed E-state index contributed by atoms with van der Waals surface area (Å²) in [5.74, 6) is -0.473. The SMILES string of the molecule is C=C(C)c1cccc(C(N)=O)c1N=CC. The normalized spacial score (nSPS) is 10.5. The van der Waals surface area contributed by atoms with Gasteiger partial charge in [-0.05, 0) is 25.5 Å². The lowest BCUT2D eigenvalue weighted by molar-refractivity contribution is 0.100. The first kappa shape index (κ1) is 11.2. The molecule has 1 aromatic carbocycles. The van der Waals surface area contributed by atoms with Crippen molar-refractivity contribution in [2.45, 2.75) is 13.8 Å². The van der Waals surface area contributed by atoms with Gasteiger partial charge in [0.2, 0.25) is 0 Å². The lowest BCUT2D eigenvalue weighted by Gasteiger charge is -2.08. The minimum atomic E-state index is -0.473. The summed E-state index contributed by atoms with van der Waals surface area (Å²) in [6.45, 7) is 7.50. The Bertz CT molecular complexity index is 401. The molecular weight excluding hydrogens is 188 g/mol. The number of carbonyl (C=O) groups excluding carboxylic acids is 1. The second-order valence-electron chi connectivity index (χ2n) is 3.23. The Morgan fingerprint density at radius 1 is 1.47 bits per heavy atom. The fourth-order valence-electron chi connectivity index (χ4n) is 1.35. The third-order valence-corrected chi connectivity index (χ3v) is 2.02. The van der Waals surface area contributed by atoms with E-state index >= 15 is 0 Å². The van der Waals surface area contributed by atoms with Gasteiger partial charge in [-0.3, -0.25) is 9.79 Å². The number of hydrogen-bond donors (Lipinski definition) is 1. The molecule has 78 valence electrons. The van der Waals surface area contributed by atoms with Gasteiger partial charge < -0.3 is 5.73 Å². The first-order chi connectivity index (χ1) is 7.07. The maximum Gasteiger partial charge on any atom is 0.250 e. The molecule has 0 saturated carbocycles. The van der Waals surface area contributed by atoms with E-state index in [1.165, 1.54) is 0 Å². The lowest BCUT2D eigenvalue weighted by Crippen LogP contribution is -2.11. The number of rotatable bonds is 3. The van der Waals surface area contributed by atoms with E-state index in [0.29, 0.717) is 11.3 Å². The zero-order valence-corrected chi connectivity index (χ0v) is 8.95. The molecule has 0 aliphatic carbocycles. The van der Waals surface area contributed by atoms with Crippen molar-refractivity contribution in [2.75, 3.05) is 0 Å². The summed E-state index contributed by atoms with van der Waals surface area (Å²) in [5, 5.41) is 0. The highest BCUT2D eigenvalue weighted by Crippen LogP contribution is 2.28. The van der Waals surface area contributed by atoms with Crippen LogP contribution in [0.5, 0.6) is 0 Å². The quantitative estimate of drug-likeness (QED) is 0.752. The molecule has 1 aromatic rings. The van der Waals surface area contributed by atoms with Crippen LogP contribution in [0.2, 0.25) is 0 Å². The Morgan fingerprint density at radius 3 is 2.53 bits per heavy atom. The Balaban J connectivity index is 3.48. The molecule has 0 aliphatic heterocycles. The maximum atomic E-state index is 11.2. The van der Waals surface area contributed by atoms with Gasteiger partial charge in [0.1, 0.15) is 0 Å². The van der Waals surface area contributed by atoms with Gasteiger partial charge in [-0.15, -0.1) is 0 Å². The Kier molecular flexibility index (Phi) is 3.39. The summed E-state index contributed by atoms with van der Waals surface area (Å²) in [4.78, 5) is 15.4. The fourth-order valence-corrected chi connectivity index (χ4v) is 1.35. The number of primary amides is 1. The molecule has 1 rings (SSSR count). The van der Waals surface area contributed by atoms with Crippen LogP contribution in [0.15, 0.2) is 29.8 Å². The molecule has 2 N–H and O–H groups in total. The lowest BCUT2D eigenvalue weighted by atomic mass is 10.0. The molecule has 0 spiro atoms. The average Bonchev–Trinajstić information content (AvgIpc) is 2.17. The van der Waals surface area contributed by atoms with Crippen molar-refractivity contribution in [1.82, 2.24) is 0 Å². The number of allylic oxidation sites excluding steroid dienone is 1. The molecule has 0 aromatic heterocycles. The third kappa shape index (κ3) is 2.31. The standard InChI is InChI=1S/C12H14N2O/c1-4-14-11-9(8(2)3)6-5-7-10(11)12(13)15/h4-7H,2H2,1,3H3,(H2,13,15). The van der Waals surface area contributed by atoms with Gasteiger partial charge in [0.25, 0.3) is 5.91 Å². The van der Waals surface area contributed by atoms with E-state index in [2.05, 4.69) is 11.6 Å². The highest BCUT2D eigenvalue weighted by molar-refractivity contribution is 6.00. The van der Waals surface area contributed by atoms with Gasteiger partial charge in [-0.2, -0.15) is 0 Å². The molecule has 3 heteroatoms. The summed E-state index contributed by atoms with van der Waals surface area (Å²) < 4.78 is 0. The molecule has 0 aliphatic rings. The predicted molar refractivity (Wildman–Crippen MR) is 63.5 cm³/mol. The van der Waals surface area contributed by atoms with Crippen LogP contribution in [0.3, 0.4) is 0 Å². The second kappa shape index (κ2) is 4.55. The summed E-state index contributed by atoms with van der Waals surface area (Å²) in [5.41, 5.74) is 8.00. The Labute approximate surface area is 89.3 Å². The third-order valence-electron chi connectivity index (χ3n) is 2.02. The number of carbonyl (C=O) groups is 1. The van der Waals surface area contributed by atoms with Crippen molar-refractivity contribution in [2.24, 2.45) is 10.7 Å². The molecule has 1 amide bonds. The fraction of sp³-hybridized carbons (Fsp3) is 0.167. The molecule has 0 fully saturated rings. The van der Waals surface area contributed by atoms with E-state index in [1.807, 2.05) is 13.0 Å². The van der Waals surface area contributed by atoms with Crippen molar-refractivity contribution in [3.8, 4) is 0 Å². The highest BCUT2D eigenvalue weighted by Gasteiger charge is 2.11. The number of aliphatic imine (C=N–C) groups is 1. The molecular formula is C12H14N2O. The summed E-state index contributed by atoms with van der Waals surface area (Å²) in [6.07, 6.45) is 1.63. The predicted octanol–water partition coefficient (Wildman–Crippen LogP) is 2.54. The average molecular weight is 202 g/mol. The van der Waals surface area contributed by atoms with Gasteiger partial charge in [-0.1, -0.05) is 18.7 Å². The van der Waals surface area contributed by atoms with E-state index in [4.69, 9.17) is 5.73 Å². The van der Waals surface area contributed by atoms with E-state index in [1.54, 1.807) is 25.3 Å². The summed E-state index contributed by atoms with van der Waals surface area (Å²) in [7, 11) is 0. The van der Waals surface area contributed by atoms with Crippen molar-refractivity contribution in [1.29, 1.82) is 0 Å². The van der Waals surface area contributed by atoms with Crippen LogP contribution in [0.4, 0.5) is 5.69 Å². The van der Waals surface area contributed by atoms with Gasteiger partial charge in [0, 0.05) is 11.8 Å². The van der Waals surface area contributed by atoms with E-state index in [-0.39, 0.29) is 0 Å². The number of hydrogen-bond acceptors (Lipinski definition) is 2. The molecule has 15 heavy (non-hydrogen) atoms. The van der Waals surface area contributed by atoms with Crippen LogP contribution in [-0.2, 0) is 0 Å². The highest BCUT2D eigenvalue weighted by atomic mass is 16.1. The Hall–Kier alpha value is -1.90. The van der Waals surface area contributed by atoms with Crippen molar-refractivity contribution in [3.05, 3.63) is 35.9 Å². The number of benzene rings is 1. The first-order valence-corrected chi connectivity index (χ1v) is 4.65. The molecule has 0 saturated heterocycles. The van der Waals surface area contributed by atoms with Crippen LogP contribution in [0.1, 0.15) is 29.8 Å². The van der Waals surface area contributed by atoms with Gasteiger partial charge >= 0.3 is 0 Å². The topological polar surface area (TPSA) is 55.5 Å². The number of nitrogens with zero attached hydrogens (tertiary/aromatic N) is 1. The number of amides is 1. The largest absolute Gasteiger partial charge is 0.366 e. The monoisotopic (exact) mass is 202 g/mol. The van der Waals surface area contributed by atoms with Crippen LogP contribution in [0, 0.1) is 0 Å². The van der Waals surface area contributed by atoms with Gasteiger partial charge in [0.05, 0.1) is 11.3 Å². The second-order valence-corrected chi connectivity index (χ2v) is 3.23. The van der Waals surface area contributed by atoms with Gasteiger partial charge in [0.15, 0.2) is 0 Å². The maximum absolute atomic E-state index is 11.2. The van der Waals surface area contributed by atoms with Crippen molar-refractivity contribution < 1.29 is 4.79 Å². The summed E-state index contributed by atoms with van der Waals surface area (Å²) >= 11 is 0. The molecule has 0 radical (unpaired) electrons.